The molecule has 3 aromatic carbocycles. The van der Waals surface area contributed by atoms with Gasteiger partial charge in [-0.15, -0.1) is 0 Å². The van der Waals surface area contributed by atoms with Gasteiger partial charge in [-0.1, -0.05) is 45.7 Å². The summed E-state index contributed by atoms with van der Waals surface area (Å²) in [6.07, 6.45) is 1.33. The maximum absolute atomic E-state index is 12.2. The monoisotopic (exact) mass is 513 g/mol. The summed E-state index contributed by atoms with van der Waals surface area (Å²) in [5.41, 5.74) is 4.34. The van der Waals surface area contributed by atoms with Crippen molar-refractivity contribution in [1.82, 2.24) is 5.43 Å². The number of nitrogens with zero attached hydrogens (tertiary/aromatic N) is 1. The van der Waals surface area contributed by atoms with Crippen LogP contribution in [0.3, 0.4) is 0 Å². The number of carbonyl (C=O) groups excluding carboxylic acids is 3. The first-order valence-corrected chi connectivity index (χ1v) is 10.5. The van der Waals surface area contributed by atoms with Gasteiger partial charge >= 0.3 is 17.8 Å². The standard InChI is InChI=1S/C23H17BrClN3O4/c1-14-10-17(24)8-9-20(14)27-21(29)22(30)28-26-13-15-4-2-7-19(11-15)32-23(31)16-5-3-6-18(25)12-16/h2-13H,1H3,(H,27,29)(H,28,30). The van der Waals surface area contributed by atoms with Crippen molar-refractivity contribution >= 4 is 57.2 Å². The van der Waals surface area contributed by atoms with Crippen LogP contribution in [0.15, 0.2) is 76.3 Å². The lowest BCUT2D eigenvalue weighted by atomic mass is 10.2. The first-order valence-electron chi connectivity index (χ1n) is 9.30. The van der Waals surface area contributed by atoms with Crippen molar-refractivity contribution in [1.29, 1.82) is 0 Å². The number of anilines is 1. The summed E-state index contributed by atoms with van der Waals surface area (Å²) in [5, 5.41) is 6.73. The van der Waals surface area contributed by atoms with E-state index in [-0.39, 0.29) is 5.75 Å². The predicted molar refractivity (Wildman–Crippen MR) is 126 cm³/mol. The van der Waals surface area contributed by atoms with Crippen LogP contribution in [0.25, 0.3) is 0 Å². The molecule has 9 heteroatoms. The second-order valence-corrected chi connectivity index (χ2v) is 7.94. The molecule has 0 heterocycles. The third-order valence-corrected chi connectivity index (χ3v) is 4.88. The van der Waals surface area contributed by atoms with E-state index in [9.17, 15) is 14.4 Å². The molecule has 0 fully saturated rings. The minimum atomic E-state index is -0.924. The number of esters is 1. The molecule has 162 valence electrons. The zero-order valence-electron chi connectivity index (χ0n) is 16.8. The van der Waals surface area contributed by atoms with E-state index in [4.69, 9.17) is 16.3 Å². The molecule has 0 aliphatic heterocycles. The first kappa shape index (κ1) is 23.2. The number of amides is 2. The van der Waals surface area contributed by atoms with Crippen LogP contribution in [-0.4, -0.2) is 24.0 Å². The molecular weight excluding hydrogens is 498 g/mol. The van der Waals surface area contributed by atoms with E-state index in [1.165, 1.54) is 12.3 Å². The van der Waals surface area contributed by atoms with Gasteiger partial charge in [-0.3, -0.25) is 9.59 Å². The summed E-state index contributed by atoms with van der Waals surface area (Å²) < 4.78 is 6.20. The summed E-state index contributed by atoms with van der Waals surface area (Å²) in [7, 11) is 0. The number of halogens is 2. The topological polar surface area (TPSA) is 96.9 Å². The fourth-order valence-electron chi connectivity index (χ4n) is 2.60. The van der Waals surface area contributed by atoms with Gasteiger partial charge in [0, 0.05) is 15.2 Å². The maximum Gasteiger partial charge on any atom is 0.343 e. The number of hydrazone groups is 1. The zero-order chi connectivity index (χ0) is 23.1. The van der Waals surface area contributed by atoms with Crippen LogP contribution < -0.4 is 15.5 Å². The Morgan fingerprint density at radius 1 is 1.00 bits per heavy atom. The van der Waals surface area contributed by atoms with Gasteiger partial charge in [0.2, 0.25) is 0 Å². The Labute approximate surface area is 197 Å². The lowest BCUT2D eigenvalue weighted by Crippen LogP contribution is -2.32. The molecule has 0 aliphatic carbocycles. The maximum atomic E-state index is 12.2. The van der Waals surface area contributed by atoms with Gasteiger partial charge in [-0.05, 0) is 66.6 Å². The summed E-state index contributed by atoms with van der Waals surface area (Å²) in [4.78, 5) is 36.3. The van der Waals surface area contributed by atoms with Crippen molar-refractivity contribution in [2.75, 3.05) is 5.32 Å². The molecule has 32 heavy (non-hydrogen) atoms. The number of nitrogens with one attached hydrogen (secondary N) is 2. The highest BCUT2D eigenvalue weighted by atomic mass is 79.9. The van der Waals surface area contributed by atoms with Crippen LogP contribution in [0.1, 0.15) is 21.5 Å². The highest BCUT2D eigenvalue weighted by molar-refractivity contribution is 9.10. The lowest BCUT2D eigenvalue weighted by Gasteiger charge is -2.07. The second kappa shape index (κ2) is 10.7. The smallest absolute Gasteiger partial charge is 0.343 e. The van der Waals surface area contributed by atoms with E-state index in [0.29, 0.717) is 21.8 Å². The largest absolute Gasteiger partial charge is 0.423 e. The van der Waals surface area contributed by atoms with Crippen molar-refractivity contribution in [3.63, 3.8) is 0 Å². The molecule has 0 saturated heterocycles. The fraction of sp³-hybridized carbons (Fsp3) is 0.0435. The van der Waals surface area contributed by atoms with E-state index < -0.39 is 17.8 Å². The predicted octanol–water partition coefficient (Wildman–Crippen LogP) is 4.72. The number of benzene rings is 3. The third-order valence-electron chi connectivity index (χ3n) is 4.15. The van der Waals surface area contributed by atoms with Gasteiger partial charge in [0.25, 0.3) is 0 Å². The van der Waals surface area contributed by atoms with Crippen molar-refractivity contribution in [3.8, 4) is 5.75 Å². The molecule has 2 amide bonds. The van der Waals surface area contributed by atoms with Gasteiger partial charge in [0.1, 0.15) is 5.75 Å². The Morgan fingerprint density at radius 2 is 1.78 bits per heavy atom. The van der Waals surface area contributed by atoms with E-state index in [1.807, 2.05) is 13.0 Å². The van der Waals surface area contributed by atoms with Gasteiger partial charge in [0.15, 0.2) is 0 Å². The number of hydrogen-bond donors (Lipinski definition) is 2. The summed E-state index contributed by atoms with van der Waals surface area (Å²) in [6, 6.07) is 18.2. The van der Waals surface area contributed by atoms with Crippen LogP contribution >= 0.6 is 27.5 Å². The molecule has 7 nitrogen and oxygen atoms in total. The number of rotatable bonds is 5. The van der Waals surface area contributed by atoms with E-state index in [0.717, 1.165) is 10.0 Å². The van der Waals surface area contributed by atoms with Gasteiger partial charge in [-0.25, -0.2) is 10.2 Å². The molecule has 3 rings (SSSR count). The van der Waals surface area contributed by atoms with Crippen LogP contribution in [0, 0.1) is 6.92 Å². The number of hydrogen-bond acceptors (Lipinski definition) is 5. The molecular formula is C23H17BrClN3O4. The highest BCUT2D eigenvalue weighted by Crippen LogP contribution is 2.20. The molecule has 0 aliphatic rings. The number of carbonyl (C=O) groups is 3. The molecule has 0 unspecified atom stereocenters. The van der Waals surface area contributed by atoms with E-state index in [2.05, 4.69) is 31.8 Å². The van der Waals surface area contributed by atoms with Crippen LogP contribution in [0.4, 0.5) is 5.69 Å². The van der Waals surface area contributed by atoms with Gasteiger partial charge in [-0.2, -0.15) is 5.10 Å². The van der Waals surface area contributed by atoms with E-state index >= 15 is 0 Å². The lowest BCUT2D eigenvalue weighted by molar-refractivity contribution is -0.136. The zero-order valence-corrected chi connectivity index (χ0v) is 19.1. The second-order valence-electron chi connectivity index (χ2n) is 6.58. The van der Waals surface area contributed by atoms with Gasteiger partial charge < -0.3 is 10.1 Å². The molecule has 0 bridgehead atoms. The Bertz CT molecular complexity index is 1210. The van der Waals surface area contributed by atoms with Gasteiger partial charge in [0.05, 0.1) is 11.8 Å². The van der Waals surface area contributed by atoms with Crippen LogP contribution in [0.2, 0.25) is 5.02 Å². The Kier molecular flexibility index (Phi) is 7.75. The molecule has 0 aromatic heterocycles. The molecule has 0 saturated carbocycles. The quantitative estimate of drug-likeness (QED) is 0.169. The van der Waals surface area contributed by atoms with Crippen molar-refractivity contribution < 1.29 is 19.1 Å². The van der Waals surface area contributed by atoms with E-state index in [1.54, 1.807) is 54.6 Å². The number of aryl methyl sites for hydroxylation is 1. The molecule has 2 N–H and O–H groups in total. The van der Waals surface area contributed by atoms with Crippen molar-refractivity contribution in [2.24, 2.45) is 5.10 Å². The SMILES string of the molecule is Cc1cc(Br)ccc1NC(=O)C(=O)NN=Cc1cccc(OC(=O)c2cccc(Cl)c2)c1. The highest BCUT2D eigenvalue weighted by Gasteiger charge is 2.14. The molecule has 0 spiro atoms. The van der Waals surface area contributed by atoms with Crippen molar-refractivity contribution in [3.05, 3.63) is 92.9 Å². The summed E-state index contributed by atoms with van der Waals surface area (Å²) in [6.45, 7) is 1.81. The normalized spacial score (nSPS) is 10.6. The first-order chi connectivity index (χ1) is 15.3. The molecule has 0 atom stereocenters. The Morgan fingerprint density at radius 3 is 2.53 bits per heavy atom. The average molecular weight is 515 g/mol. The Balaban J connectivity index is 1.57. The van der Waals surface area contributed by atoms with Crippen molar-refractivity contribution in [2.45, 2.75) is 6.92 Å². The number of ether oxygens (including phenoxy) is 1. The minimum Gasteiger partial charge on any atom is -0.423 e. The minimum absolute atomic E-state index is 0.286. The van der Waals surface area contributed by atoms with Crippen LogP contribution in [0.5, 0.6) is 5.75 Å². The summed E-state index contributed by atoms with van der Waals surface area (Å²) >= 11 is 9.23. The fourth-order valence-corrected chi connectivity index (χ4v) is 3.27. The average Bonchev–Trinajstić information content (AvgIpc) is 2.76. The third kappa shape index (κ3) is 6.50. The molecule has 0 radical (unpaired) electrons. The summed E-state index contributed by atoms with van der Waals surface area (Å²) in [5.74, 6) is -2.05. The van der Waals surface area contributed by atoms with Crippen LogP contribution in [-0.2, 0) is 9.59 Å². The Hall–Kier alpha value is -3.49. The molecule has 3 aromatic rings.